The van der Waals surface area contributed by atoms with Gasteiger partial charge in [0.25, 0.3) is 0 Å². The Hall–Kier alpha value is -2.87. The molecule has 0 atom stereocenters. The van der Waals surface area contributed by atoms with Crippen molar-refractivity contribution in [1.82, 2.24) is 19.9 Å². The number of amides is 1. The fourth-order valence-electron chi connectivity index (χ4n) is 2.74. The summed E-state index contributed by atoms with van der Waals surface area (Å²) in [5, 5.41) is 2.60. The van der Waals surface area contributed by atoms with E-state index >= 15 is 0 Å². The predicted octanol–water partition coefficient (Wildman–Crippen LogP) is 2.70. The summed E-state index contributed by atoms with van der Waals surface area (Å²) in [6.07, 6.45) is 5.06. The van der Waals surface area contributed by atoms with Crippen LogP contribution in [-0.2, 0) is 17.8 Å². The van der Waals surface area contributed by atoms with Crippen LogP contribution in [0.2, 0.25) is 0 Å². The fraction of sp³-hybridized carbons (Fsp3) is 0.222. The number of rotatable bonds is 3. The molecule has 0 spiro atoms. The summed E-state index contributed by atoms with van der Waals surface area (Å²) in [5.41, 5.74) is 2.19. The zero-order valence-corrected chi connectivity index (χ0v) is 14.6. The number of aromatic nitrogens is 3. The normalized spacial score (nSPS) is 13.7. The second-order valence-corrected chi connectivity index (χ2v) is 6.69. The molecule has 0 N–H and O–H groups in total. The topological polar surface area (TPSA) is 68.2 Å². The molecule has 1 aromatic carbocycles. The van der Waals surface area contributed by atoms with Crippen LogP contribution in [0.5, 0.6) is 5.75 Å². The molecule has 6 nitrogen and oxygen atoms in total. The van der Waals surface area contributed by atoms with Gasteiger partial charge in [0.05, 0.1) is 24.9 Å². The van der Waals surface area contributed by atoms with Gasteiger partial charge in [-0.05, 0) is 6.07 Å². The predicted molar refractivity (Wildman–Crippen MR) is 94.2 cm³/mol. The van der Waals surface area contributed by atoms with Crippen LogP contribution in [0, 0.1) is 5.82 Å². The number of carbonyl (C=O) groups is 1. The van der Waals surface area contributed by atoms with Crippen molar-refractivity contribution in [2.75, 3.05) is 13.2 Å². The molecule has 1 amide bonds. The molecule has 3 aromatic rings. The number of ether oxygens (including phenoxy) is 1. The Balaban J connectivity index is 1.47. The van der Waals surface area contributed by atoms with Crippen molar-refractivity contribution < 1.29 is 13.9 Å². The summed E-state index contributed by atoms with van der Waals surface area (Å²) in [5.74, 6) is 0.114. The van der Waals surface area contributed by atoms with E-state index in [-0.39, 0.29) is 18.1 Å². The number of fused-ring (bicyclic) bond motifs is 1. The molecule has 2 aromatic heterocycles. The molecule has 1 aliphatic heterocycles. The smallest absolute Gasteiger partial charge is 0.229 e. The summed E-state index contributed by atoms with van der Waals surface area (Å²) in [7, 11) is 0. The Morgan fingerprint density at radius 1 is 1.35 bits per heavy atom. The van der Waals surface area contributed by atoms with E-state index in [0.29, 0.717) is 36.8 Å². The molecule has 0 saturated carbocycles. The summed E-state index contributed by atoms with van der Waals surface area (Å²) in [6.45, 7) is 1.19. The Labute approximate surface area is 153 Å². The van der Waals surface area contributed by atoms with Crippen molar-refractivity contribution in [1.29, 1.82) is 0 Å². The average molecular weight is 370 g/mol. The molecule has 4 rings (SSSR count). The van der Waals surface area contributed by atoms with Gasteiger partial charge >= 0.3 is 0 Å². The number of thiazole rings is 1. The second-order valence-electron chi connectivity index (χ2n) is 5.83. The van der Waals surface area contributed by atoms with Crippen molar-refractivity contribution >= 4 is 17.2 Å². The molecular weight excluding hydrogens is 355 g/mol. The molecule has 3 heterocycles. The van der Waals surface area contributed by atoms with Gasteiger partial charge in [-0.15, -0.1) is 11.3 Å². The summed E-state index contributed by atoms with van der Waals surface area (Å²) in [6, 6.07) is 4.39. The first kappa shape index (κ1) is 16.6. The van der Waals surface area contributed by atoms with Crippen molar-refractivity contribution in [2.24, 2.45) is 0 Å². The number of hydrogen-bond acceptors (Lipinski definition) is 6. The van der Waals surface area contributed by atoms with Crippen molar-refractivity contribution in [2.45, 2.75) is 13.0 Å². The second kappa shape index (κ2) is 7.17. The Kier molecular flexibility index (Phi) is 4.57. The van der Waals surface area contributed by atoms with E-state index in [1.165, 1.54) is 23.5 Å². The van der Waals surface area contributed by atoms with Gasteiger partial charge in [-0.3, -0.25) is 14.8 Å². The van der Waals surface area contributed by atoms with Crippen LogP contribution >= 0.6 is 11.3 Å². The first-order valence-electron chi connectivity index (χ1n) is 8.09. The van der Waals surface area contributed by atoms with Crippen LogP contribution in [0.25, 0.3) is 10.7 Å². The maximum Gasteiger partial charge on any atom is 0.229 e. The zero-order valence-electron chi connectivity index (χ0n) is 13.8. The third-order valence-corrected chi connectivity index (χ3v) is 4.94. The first-order chi connectivity index (χ1) is 12.7. The van der Waals surface area contributed by atoms with Gasteiger partial charge in [0.15, 0.2) is 0 Å². The molecule has 0 radical (unpaired) electrons. The lowest BCUT2D eigenvalue weighted by molar-refractivity contribution is -0.131. The van der Waals surface area contributed by atoms with Crippen LogP contribution in [0.1, 0.15) is 11.3 Å². The number of benzene rings is 1. The minimum atomic E-state index is -0.345. The van der Waals surface area contributed by atoms with Crippen LogP contribution < -0.4 is 4.74 Å². The van der Waals surface area contributed by atoms with Crippen LogP contribution in [-0.4, -0.2) is 38.9 Å². The van der Waals surface area contributed by atoms with E-state index in [2.05, 4.69) is 15.0 Å². The fourth-order valence-corrected chi connectivity index (χ4v) is 3.52. The first-order valence-corrected chi connectivity index (χ1v) is 8.97. The standard InChI is InChI=1S/C18H15FN4O2S/c19-13-2-1-12-10-23(5-6-25-16(12)7-13)17(24)8-14-11-26-18(22-14)15-9-20-3-4-21-15/h1-4,7,9,11H,5-6,8,10H2. The maximum absolute atomic E-state index is 13.3. The van der Waals surface area contributed by atoms with Crippen molar-refractivity contribution in [3.8, 4) is 16.5 Å². The third-order valence-electron chi connectivity index (χ3n) is 4.03. The van der Waals surface area contributed by atoms with E-state index in [0.717, 1.165) is 10.6 Å². The van der Waals surface area contributed by atoms with E-state index in [4.69, 9.17) is 4.74 Å². The van der Waals surface area contributed by atoms with Gasteiger partial charge < -0.3 is 9.64 Å². The van der Waals surface area contributed by atoms with Crippen LogP contribution in [0.4, 0.5) is 4.39 Å². The molecule has 0 aliphatic carbocycles. The highest BCUT2D eigenvalue weighted by atomic mass is 32.1. The number of nitrogens with zero attached hydrogens (tertiary/aromatic N) is 4. The molecule has 0 saturated heterocycles. The maximum atomic E-state index is 13.3. The van der Waals surface area contributed by atoms with Gasteiger partial charge in [0, 0.05) is 35.9 Å². The number of carbonyl (C=O) groups excluding carboxylic acids is 1. The van der Waals surface area contributed by atoms with Crippen molar-refractivity contribution in [3.05, 3.63) is 59.2 Å². The summed E-state index contributed by atoms with van der Waals surface area (Å²) < 4.78 is 18.9. The highest BCUT2D eigenvalue weighted by Crippen LogP contribution is 2.25. The highest BCUT2D eigenvalue weighted by molar-refractivity contribution is 7.13. The largest absolute Gasteiger partial charge is 0.491 e. The molecule has 0 unspecified atom stereocenters. The minimum Gasteiger partial charge on any atom is -0.491 e. The summed E-state index contributed by atoms with van der Waals surface area (Å²) in [4.78, 5) is 27.1. The van der Waals surface area contributed by atoms with Crippen LogP contribution in [0.3, 0.4) is 0 Å². The van der Waals surface area contributed by atoms with Gasteiger partial charge in [0.1, 0.15) is 28.9 Å². The zero-order chi connectivity index (χ0) is 17.9. The third kappa shape index (κ3) is 3.55. The van der Waals surface area contributed by atoms with Crippen LogP contribution in [0.15, 0.2) is 42.2 Å². The molecule has 1 aliphatic rings. The highest BCUT2D eigenvalue weighted by Gasteiger charge is 2.21. The molecule has 0 bridgehead atoms. The lowest BCUT2D eigenvalue weighted by Gasteiger charge is -2.19. The quantitative estimate of drug-likeness (QED) is 0.709. The van der Waals surface area contributed by atoms with Gasteiger partial charge in [-0.2, -0.15) is 0 Å². The molecule has 8 heteroatoms. The monoisotopic (exact) mass is 370 g/mol. The Morgan fingerprint density at radius 2 is 2.27 bits per heavy atom. The number of hydrogen-bond donors (Lipinski definition) is 0. The van der Waals surface area contributed by atoms with Gasteiger partial charge in [0.2, 0.25) is 5.91 Å². The molecule has 26 heavy (non-hydrogen) atoms. The van der Waals surface area contributed by atoms with Gasteiger partial charge in [-0.1, -0.05) is 6.07 Å². The summed E-state index contributed by atoms with van der Waals surface area (Å²) >= 11 is 1.43. The molecule has 132 valence electrons. The minimum absolute atomic E-state index is 0.0400. The van der Waals surface area contributed by atoms with Crippen molar-refractivity contribution in [3.63, 3.8) is 0 Å². The lowest BCUT2D eigenvalue weighted by Crippen LogP contribution is -2.33. The molecular formula is C18H15FN4O2S. The Morgan fingerprint density at radius 3 is 3.12 bits per heavy atom. The Bertz CT molecular complexity index is 932. The van der Waals surface area contributed by atoms with E-state index in [1.54, 1.807) is 29.6 Å². The molecule has 0 fully saturated rings. The average Bonchev–Trinajstić information content (AvgIpc) is 3.01. The van der Waals surface area contributed by atoms with E-state index < -0.39 is 0 Å². The number of halogens is 1. The SMILES string of the molecule is O=C(Cc1csc(-c2cnccn2)n1)N1CCOc2cc(F)ccc2C1. The van der Waals surface area contributed by atoms with Gasteiger partial charge in [-0.25, -0.2) is 9.37 Å². The lowest BCUT2D eigenvalue weighted by atomic mass is 10.2. The van der Waals surface area contributed by atoms with E-state index in [1.807, 2.05) is 5.38 Å². The van der Waals surface area contributed by atoms with E-state index in [9.17, 15) is 9.18 Å².